The summed E-state index contributed by atoms with van der Waals surface area (Å²) in [7, 11) is 0. The number of nitrogens with one attached hydrogen (secondary N) is 2. The normalized spacial score (nSPS) is 11.9. The maximum Gasteiger partial charge on any atom is 0.221 e. The molecule has 0 aliphatic carbocycles. The lowest BCUT2D eigenvalue weighted by atomic mass is 9.87. The fourth-order valence-corrected chi connectivity index (χ4v) is 4.50. The number of ether oxygens (including phenoxy) is 1. The number of aromatic nitrogens is 1. The van der Waals surface area contributed by atoms with Crippen molar-refractivity contribution in [3.63, 3.8) is 0 Å². The van der Waals surface area contributed by atoms with Gasteiger partial charge in [-0.3, -0.25) is 4.79 Å². The minimum Gasteiger partial charge on any atom is -0.467 e. The third kappa shape index (κ3) is 5.14. The van der Waals surface area contributed by atoms with Crippen LogP contribution in [0, 0.1) is 0 Å². The molecule has 0 fully saturated rings. The van der Waals surface area contributed by atoms with Crippen molar-refractivity contribution in [2.24, 2.45) is 0 Å². The standard InChI is InChI=1S/C30H28N2O3/c1-2-21-9-7-15-26-28(20-32-30(21)26)27(18-29(33)31-19-25-14-8-16-34-25)22-10-6-13-24(17-22)35-23-11-4-3-5-12-23/h3-17,20,27,32H,2,18-19H2,1H3,(H,31,33)/t27-/m1/s1. The van der Waals surface area contributed by atoms with Crippen molar-refractivity contribution >= 4 is 16.8 Å². The molecule has 3 aromatic carbocycles. The molecule has 0 aliphatic heterocycles. The van der Waals surface area contributed by atoms with Crippen molar-refractivity contribution < 1.29 is 13.9 Å². The van der Waals surface area contributed by atoms with E-state index in [0.717, 1.165) is 45.7 Å². The first-order valence-corrected chi connectivity index (χ1v) is 11.9. The van der Waals surface area contributed by atoms with Crippen molar-refractivity contribution in [3.05, 3.63) is 120 Å². The number of aryl methyl sites for hydroxylation is 1. The number of furan rings is 1. The monoisotopic (exact) mass is 464 g/mol. The molecule has 0 saturated heterocycles. The molecule has 0 saturated carbocycles. The van der Waals surface area contributed by atoms with Gasteiger partial charge in [0.15, 0.2) is 0 Å². The minimum absolute atomic E-state index is 0.0400. The van der Waals surface area contributed by atoms with Gasteiger partial charge < -0.3 is 19.5 Å². The Hall–Kier alpha value is -4.25. The zero-order chi connectivity index (χ0) is 24.0. The first-order valence-electron chi connectivity index (χ1n) is 11.9. The van der Waals surface area contributed by atoms with Crippen molar-refractivity contribution in [1.29, 1.82) is 0 Å². The van der Waals surface area contributed by atoms with Gasteiger partial charge in [-0.2, -0.15) is 0 Å². The van der Waals surface area contributed by atoms with Crippen molar-refractivity contribution in [2.75, 3.05) is 0 Å². The lowest BCUT2D eigenvalue weighted by molar-refractivity contribution is -0.121. The van der Waals surface area contributed by atoms with E-state index in [1.807, 2.05) is 66.9 Å². The fourth-order valence-electron chi connectivity index (χ4n) is 4.50. The second-order valence-corrected chi connectivity index (χ2v) is 8.54. The van der Waals surface area contributed by atoms with Crippen LogP contribution in [0.1, 0.15) is 41.7 Å². The van der Waals surface area contributed by atoms with Crippen LogP contribution in [-0.4, -0.2) is 10.9 Å². The molecule has 5 rings (SSSR count). The smallest absolute Gasteiger partial charge is 0.221 e. The molecular weight excluding hydrogens is 436 g/mol. The second-order valence-electron chi connectivity index (χ2n) is 8.54. The van der Waals surface area contributed by atoms with E-state index in [0.29, 0.717) is 13.0 Å². The van der Waals surface area contributed by atoms with Gasteiger partial charge in [-0.25, -0.2) is 0 Å². The number of benzene rings is 3. The van der Waals surface area contributed by atoms with E-state index in [4.69, 9.17) is 9.15 Å². The van der Waals surface area contributed by atoms with E-state index < -0.39 is 0 Å². The molecule has 0 bridgehead atoms. The van der Waals surface area contributed by atoms with Crippen LogP contribution in [0.2, 0.25) is 0 Å². The van der Waals surface area contributed by atoms with Crippen LogP contribution >= 0.6 is 0 Å². The van der Waals surface area contributed by atoms with Gasteiger partial charge >= 0.3 is 0 Å². The van der Waals surface area contributed by atoms with Crippen molar-refractivity contribution in [1.82, 2.24) is 10.3 Å². The van der Waals surface area contributed by atoms with Crippen molar-refractivity contribution in [3.8, 4) is 11.5 Å². The average Bonchev–Trinajstić information content (AvgIpc) is 3.57. The summed E-state index contributed by atoms with van der Waals surface area (Å²) in [6, 6.07) is 27.7. The number of rotatable bonds is 9. The molecule has 1 atom stereocenters. The van der Waals surface area contributed by atoms with Crippen LogP contribution < -0.4 is 10.1 Å². The number of hydrogen-bond donors (Lipinski definition) is 2. The maximum atomic E-state index is 13.1. The molecule has 2 N–H and O–H groups in total. The highest BCUT2D eigenvalue weighted by Crippen LogP contribution is 2.36. The van der Waals surface area contributed by atoms with Crippen LogP contribution in [0.15, 0.2) is 102 Å². The van der Waals surface area contributed by atoms with Crippen LogP contribution in [-0.2, 0) is 17.8 Å². The predicted octanol–water partition coefficient (Wildman–Crippen LogP) is 6.95. The van der Waals surface area contributed by atoms with Gasteiger partial charge in [-0.15, -0.1) is 0 Å². The summed E-state index contributed by atoms with van der Waals surface area (Å²) >= 11 is 0. The molecule has 0 aliphatic rings. The molecule has 1 amide bonds. The number of amides is 1. The Morgan fingerprint density at radius 3 is 2.60 bits per heavy atom. The summed E-state index contributed by atoms with van der Waals surface area (Å²) in [5.74, 6) is 2.06. The number of para-hydroxylation sites is 2. The molecular formula is C30H28N2O3. The van der Waals surface area contributed by atoms with E-state index in [1.54, 1.807) is 6.26 Å². The first-order chi connectivity index (χ1) is 17.2. The largest absolute Gasteiger partial charge is 0.467 e. The summed E-state index contributed by atoms with van der Waals surface area (Å²) in [6.45, 7) is 2.52. The molecule has 2 heterocycles. The molecule has 0 spiro atoms. The van der Waals surface area contributed by atoms with Crippen LogP contribution in [0.4, 0.5) is 0 Å². The van der Waals surface area contributed by atoms with Gasteiger partial charge in [-0.1, -0.05) is 55.5 Å². The predicted molar refractivity (Wildman–Crippen MR) is 138 cm³/mol. The van der Waals surface area contributed by atoms with E-state index in [2.05, 4.69) is 41.5 Å². The topological polar surface area (TPSA) is 67.3 Å². The number of carbonyl (C=O) groups is 1. The van der Waals surface area contributed by atoms with Crippen LogP contribution in [0.25, 0.3) is 10.9 Å². The summed E-state index contributed by atoms with van der Waals surface area (Å²) < 4.78 is 11.5. The third-order valence-corrected chi connectivity index (χ3v) is 6.26. The number of carbonyl (C=O) groups excluding carboxylic acids is 1. The summed E-state index contributed by atoms with van der Waals surface area (Å²) in [5, 5.41) is 4.14. The highest BCUT2D eigenvalue weighted by Gasteiger charge is 2.23. The molecule has 5 nitrogen and oxygen atoms in total. The Kier molecular flexibility index (Phi) is 6.66. The van der Waals surface area contributed by atoms with Gasteiger partial charge in [0.05, 0.1) is 12.8 Å². The van der Waals surface area contributed by atoms with Gasteiger partial charge in [0.1, 0.15) is 17.3 Å². The number of fused-ring (bicyclic) bond motifs is 1. The van der Waals surface area contributed by atoms with E-state index in [-0.39, 0.29) is 11.8 Å². The first kappa shape index (κ1) is 22.5. The summed E-state index contributed by atoms with van der Waals surface area (Å²) in [4.78, 5) is 16.5. The zero-order valence-corrected chi connectivity index (χ0v) is 19.7. The molecule has 176 valence electrons. The fraction of sp³-hybridized carbons (Fsp3) is 0.167. The Morgan fingerprint density at radius 1 is 0.971 bits per heavy atom. The van der Waals surface area contributed by atoms with Gasteiger partial charge in [0.25, 0.3) is 0 Å². The third-order valence-electron chi connectivity index (χ3n) is 6.26. The number of H-pyrrole nitrogens is 1. The molecule has 5 aromatic rings. The highest BCUT2D eigenvalue weighted by molar-refractivity contribution is 5.88. The lowest BCUT2D eigenvalue weighted by Gasteiger charge is -2.18. The van der Waals surface area contributed by atoms with E-state index in [1.165, 1.54) is 5.56 Å². The zero-order valence-electron chi connectivity index (χ0n) is 19.7. The van der Waals surface area contributed by atoms with E-state index in [9.17, 15) is 4.79 Å². The Bertz CT molecular complexity index is 1400. The Balaban J connectivity index is 1.48. The van der Waals surface area contributed by atoms with Crippen molar-refractivity contribution in [2.45, 2.75) is 32.2 Å². The van der Waals surface area contributed by atoms with Gasteiger partial charge in [-0.05, 0) is 59.5 Å². The second kappa shape index (κ2) is 10.3. The maximum absolute atomic E-state index is 13.1. The molecule has 0 unspecified atom stereocenters. The Labute approximate surface area is 204 Å². The SMILES string of the molecule is CCc1cccc2c([C@H](CC(=O)NCc3ccco3)c3cccc(Oc4ccccc4)c3)c[nH]c12. The van der Waals surface area contributed by atoms with Crippen LogP contribution in [0.3, 0.4) is 0 Å². The average molecular weight is 465 g/mol. The number of hydrogen-bond acceptors (Lipinski definition) is 3. The number of aromatic amines is 1. The van der Waals surface area contributed by atoms with E-state index >= 15 is 0 Å². The highest BCUT2D eigenvalue weighted by atomic mass is 16.5. The summed E-state index contributed by atoms with van der Waals surface area (Å²) in [5.41, 5.74) is 4.51. The van der Waals surface area contributed by atoms with Crippen LogP contribution in [0.5, 0.6) is 11.5 Å². The molecule has 2 aromatic heterocycles. The van der Waals surface area contributed by atoms with Gasteiger partial charge in [0, 0.05) is 29.4 Å². The lowest BCUT2D eigenvalue weighted by Crippen LogP contribution is -2.24. The molecule has 0 radical (unpaired) electrons. The summed E-state index contributed by atoms with van der Waals surface area (Å²) in [6.07, 6.45) is 4.89. The quantitative estimate of drug-likeness (QED) is 0.248. The Morgan fingerprint density at radius 2 is 1.80 bits per heavy atom. The molecule has 35 heavy (non-hydrogen) atoms. The minimum atomic E-state index is -0.146. The molecule has 5 heteroatoms. The van der Waals surface area contributed by atoms with Gasteiger partial charge in [0.2, 0.25) is 5.91 Å².